The molecule has 8 fully saturated rings. The van der Waals surface area contributed by atoms with E-state index in [1.165, 1.54) is 41.3 Å². The number of carbonyl (C=O) groups excluding carboxylic acids is 4. The van der Waals surface area contributed by atoms with Crippen LogP contribution in [0.1, 0.15) is 153 Å². The fourth-order valence-corrected chi connectivity index (χ4v) is 14.5. The van der Waals surface area contributed by atoms with Gasteiger partial charge in [-0.3, -0.25) is 19.4 Å². The van der Waals surface area contributed by atoms with E-state index < -0.39 is 86.0 Å². The van der Waals surface area contributed by atoms with Crippen LogP contribution in [0.25, 0.3) is 0 Å². The molecule has 5 aliphatic heterocycles. The molecule has 10 rings (SSSR count). The van der Waals surface area contributed by atoms with E-state index >= 15 is 0 Å². The van der Waals surface area contributed by atoms with E-state index in [4.69, 9.17) is 28.8 Å². The Morgan fingerprint density at radius 1 is 0.710 bits per heavy atom. The Hall–Kier alpha value is -5.89. The van der Waals surface area contributed by atoms with E-state index in [1.807, 2.05) is 41.5 Å². The van der Waals surface area contributed by atoms with Crippen molar-refractivity contribution in [3.63, 3.8) is 0 Å². The number of halogens is 2. The van der Waals surface area contributed by atoms with Crippen molar-refractivity contribution in [2.75, 3.05) is 52.4 Å². The van der Waals surface area contributed by atoms with Gasteiger partial charge in [-0.25, -0.2) is 18.4 Å². The second-order valence-electron chi connectivity index (χ2n) is 30.7. The summed E-state index contributed by atoms with van der Waals surface area (Å²) in [6.45, 7) is 32.5. The molecule has 0 aromatic heterocycles. The number of benzene rings is 2. The Kier molecular flexibility index (Phi) is 24.7. The van der Waals surface area contributed by atoms with Crippen molar-refractivity contribution < 1.29 is 66.8 Å². The molecule has 8 aliphatic rings. The minimum absolute atomic E-state index is 0.0582. The van der Waals surface area contributed by atoms with Gasteiger partial charge in [-0.1, -0.05) is 79.7 Å². The van der Waals surface area contributed by atoms with E-state index in [-0.39, 0.29) is 64.7 Å². The monoisotopic (exact) mass is 1290 g/mol. The first kappa shape index (κ1) is 74.5. The van der Waals surface area contributed by atoms with Crippen LogP contribution in [-0.4, -0.2) is 184 Å². The fourth-order valence-electron chi connectivity index (χ4n) is 14.5. The van der Waals surface area contributed by atoms with Gasteiger partial charge in [-0.15, -0.1) is 0 Å². The normalized spacial score (nSPS) is 25.7. The van der Waals surface area contributed by atoms with E-state index in [1.54, 1.807) is 29.2 Å². The molecule has 4 amide bonds. The van der Waals surface area contributed by atoms with Gasteiger partial charge in [-0.05, 0) is 200 Å². The first-order chi connectivity index (χ1) is 43.4. The highest BCUT2D eigenvalue weighted by molar-refractivity contribution is 6.48. The summed E-state index contributed by atoms with van der Waals surface area (Å²) in [4.78, 5) is 60.6. The minimum atomic E-state index is -1.86. The number of nitrogens with one attached hydrogen (secondary N) is 2. The van der Waals surface area contributed by atoms with Gasteiger partial charge in [0, 0.05) is 37.3 Å². The average molecular weight is 1290 g/mol. The van der Waals surface area contributed by atoms with Gasteiger partial charge < -0.3 is 59.3 Å². The quantitative estimate of drug-likeness (QED) is 0.0466. The number of likely N-dealkylation sites (tertiary alicyclic amines) is 4. The van der Waals surface area contributed by atoms with Crippen LogP contribution in [-0.2, 0) is 41.2 Å². The fraction of sp³-hybridized carbons (Fsp3) is 0.676. The van der Waals surface area contributed by atoms with Crippen molar-refractivity contribution in [2.45, 2.75) is 207 Å². The highest BCUT2D eigenvalue weighted by atomic mass is 19.1. The average Bonchev–Trinajstić information content (AvgIpc) is 1.66. The Balaban J connectivity index is 0.000000244. The Morgan fingerprint density at radius 2 is 1.16 bits per heavy atom. The van der Waals surface area contributed by atoms with Crippen LogP contribution in [0.2, 0.25) is 6.32 Å². The molecule has 2 aromatic rings. The maximum atomic E-state index is 13.7. The topological polar surface area (TPSA) is 271 Å². The molecule has 0 spiro atoms. The summed E-state index contributed by atoms with van der Waals surface area (Å²) in [5.74, 6) is -1.79. The number of nitrogens with zero attached hydrogens (tertiary/aromatic N) is 6. The molecule has 25 heteroatoms. The molecule has 3 aliphatic carbocycles. The first-order valence-corrected chi connectivity index (χ1v) is 33.3. The summed E-state index contributed by atoms with van der Waals surface area (Å²) in [5.41, 5.74) is 0.803. The molecule has 5 heterocycles. The highest BCUT2D eigenvalue weighted by Gasteiger charge is 2.68. The number of nitriles is 2. The molecule has 0 unspecified atom stereocenters. The van der Waals surface area contributed by atoms with Crippen molar-refractivity contribution >= 4 is 45.4 Å². The Bertz CT molecular complexity index is 3060. The molecular formula is C68H101B3F2N8O12. The van der Waals surface area contributed by atoms with Gasteiger partial charge in [0.05, 0.1) is 36.7 Å². The molecule has 20 nitrogen and oxygen atoms in total. The van der Waals surface area contributed by atoms with Crippen molar-refractivity contribution in [3.8, 4) is 12.1 Å². The summed E-state index contributed by atoms with van der Waals surface area (Å²) in [6.07, 6.45) is 8.28. The number of hydrogen-bond donors (Lipinski definition) is 6. The van der Waals surface area contributed by atoms with Crippen LogP contribution in [0.3, 0.4) is 0 Å². The molecule has 6 N–H and O–H groups in total. The van der Waals surface area contributed by atoms with Crippen LogP contribution in [0.4, 0.5) is 18.4 Å². The molecule has 2 aromatic carbocycles. The number of alkyl carbamates (subject to hydrolysis) is 2. The number of ether oxygens (including phenoxy) is 2. The lowest BCUT2D eigenvalue weighted by Gasteiger charge is -2.64. The van der Waals surface area contributed by atoms with Crippen molar-refractivity contribution in [1.82, 2.24) is 30.2 Å². The standard InChI is InChI=1S/C37H52BFN4O5.C27H38BFN4O5.C4H11BO2/c1-34(2)14-16-43(23-34)35(3,4)20-25(21-40)32(44)42-15-8-9-28(22-42)46-33(45)41-31(17-24-10-12-27(39)13-11-24)38-47-30-19-26-18-29(36(26,5)6)37(30,7)48-38;1-26(2)11-13-33(18-26)27(3,4)15-20(16-30)24(34)32-12-5-6-22(17-32)38-25(35)31-23(28(36)37)14-19-7-9-21(29)10-8-19;1-4(2)3-5(6)7/h10-13,20,26,28-31H,8-9,14-19,22-23H2,1-7H3,(H,41,45);7-10,15,22-23,36-37H,5-6,11-14,17-18H2,1-4H3,(H,31,35);4,6-7H,3H2,1-2H3/t26-,28-,29-,30+,31-,37-;22-,23-;/m00./s1. The van der Waals surface area contributed by atoms with Crippen molar-refractivity contribution in [3.05, 3.63) is 94.6 Å². The van der Waals surface area contributed by atoms with Crippen LogP contribution >= 0.6 is 0 Å². The summed E-state index contributed by atoms with van der Waals surface area (Å²) >= 11 is 0. The molecule has 93 heavy (non-hydrogen) atoms. The second-order valence-corrected chi connectivity index (χ2v) is 30.7. The van der Waals surface area contributed by atoms with E-state index in [9.17, 15) is 48.5 Å². The van der Waals surface area contributed by atoms with Crippen LogP contribution in [0, 0.1) is 68.3 Å². The molecule has 3 saturated carbocycles. The van der Waals surface area contributed by atoms with Crippen molar-refractivity contribution in [1.29, 1.82) is 10.5 Å². The van der Waals surface area contributed by atoms with Crippen molar-refractivity contribution in [2.24, 2.45) is 34.0 Å². The van der Waals surface area contributed by atoms with Crippen LogP contribution < -0.4 is 10.6 Å². The maximum absolute atomic E-state index is 13.7. The zero-order valence-electron chi connectivity index (χ0n) is 57.1. The molecule has 5 saturated heterocycles. The van der Waals surface area contributed by atoms with Crippen LogP contribution in [0.15, 0.2) is 71.8 Å². The SMILES string of the molecule is CC(C)CB(O)O.CC1(C)CCN(C(C)(C)C=C(C#N)C(=O)N2CCC[C@H](OC(=O)N[C@@H](Cc3ccc(F)cc3)B(O)O)C2)C1.CC1(C)CCN(C(C)(C)C=C(C#N)C(=O)N2CCC[C@H](OC(=O)N[C@@H](Cc3ccc(F)cc3)B3O[C@@H]4C[C@@H]5C[C@@H](C5(C)C)[C@]4(C)O3)C2)C1. The van der Waals surface area contributed by atoms with Gasteiger partial charge in [0.2, 0.25) is 0 Å². The molecule has 2 bridgehead atoms. The Labute approximate surface area is 551 Å². The number of rotatable bonds is 18. The van der Waals surface area contributed by atoms with Gasteiger partial charge in [0.1, 0.15) is 47.1 Å². The zero-order chi connectivity index (χ0) is 68.6. The molecule has 0 radical (unpaired) electrons. The summed E-state index contributed by atoms with van der Waals surface area (Å²) in [5, 5.41) is 61.2. The largest absolute Gasteiger partial charge is 0.482 e. The maximum Gasteiger partial charge on any atom is 0.482 e. The molecular weight excluding hydrogens is 1190 g/mol. The first-order valence-electron chi connectivity index (χ1n) is 33.3. The third-order valence-corrected chi connectivity index (χ3v) is 20.2. The summed E-state index contributed by atoms with van der Waals surface area (Å²) in [7, 11) is -3.67. The third kappa shape index (κ3) is 19.9. The smallest absolute Gasteiger partial charge is 0.444 e. The highest BCUT2D eigenvalue weighted by Crippen LogP contribution is 2.66. The van der Waals surface area contributed by atoms with Crippen LogP contribution in [0.5, 0.6) is 0 Å². The predicted octanol–water partition coefficient (Wildman–Crippen LogP) is 8.22. The van der Waals surface area contributed by atoms with E-state index in [0.29, 0.717) is 74.8 Å². The molecule has 508 valence electrons. The van der Waals surface area contributed by atoms with E-state index in [2.05, 4.69) is 81.0 Å². The van der Waals surface area contributed by atoms with E-state index in [0.717, 1.165) is 57.4 Å². The summed E-state index contributed by atoms with van der Waals surface area (Å²) in [6, 6.07) is 15.9. The van der Waals surface area contributed by atoms with Gasteiger partial charge in [0.15, 0.2) is 0 Å². The lowest BCUT2D eigenvalue weighted by atomic mass is 9.43. The van der Waals surface area contributed by atoms with Gasteiger partial charge in [-0.2, -0.15) is 10.5 Å². The third-order valence-electron chi connectivity index (χ3n) is 20.2. The van der Waals surface area contributed by atoms with Gasteiger partial charge in [0.25, 0.3) is 11.8 Å². The lowest BCUT2D eigenvalue weighted by Crippen LogP contribution is -2.65. The Morgan fingerprint density at radius 3 is 1.55 bits per heavy atom. The second kappa shape index (κ2) is 30.9. The zero-order valence-corrected chi connectivity index (χ0v) is 57.1. The number of carbonyl (C=O) groups is 4. The number of hydrogen-bond acceptors (Lipinski definition) is 16. The number of piperidine rings is 2. The number of amides is 4. The van der Waals surface area contributed by atoms with Gasteiger partial charge >= 0.3 is 33.5 Å². The molecule has 8 atom stereocenters. The summed E-state index contributed by atoms with van der Waals surface area (Å²) < 4.78 is 51.5. The minimum Gasteiger partial charge on any atom is -0.444 e. The predicted molar refractivity (Wildman–Crippen MR) is 352 cm³/mol. The lowest BCUT2D eigenvalue weighted by molar-refractivity contribution is -0.199.